The summed E-state index contributed by atoms with van der Waals surface area (Å²) in [5.41, 5.74) is 1.08. The van der Waals surface area contributed by atoms with E-state index in [1.165, 1.54) is 0 Å². The highest BCUT2D eigenvalue weighted by molar-refractivity contribution is 5.79. The lowest BCUT2D eigenvalue weighted by atomic mass is 9.97. The van der Waals surface area contributed by atoms with Crippen LogP contribution in [-0.2, 0) is 20.9 Å². The third-order valence-electron chi connectivity index (χ3n) is 4.47. The third-order valence-corrected chi connectivity index (χ3v) is 4.47. The zero-order chi connectivity index (χ0) is 15.2. The number of ether oxygens (including phenoxy) is 2. The molecule has 1 atom stereocenters. The van der Waals surface area contributed by atoms with Gasteiger partial charge in [-0.3, -0.25) is 9.78 Å². The number of amides is 1. The van der Waals surface area contributed by atoms with Crippen LogP contribution in [0.4, 0.5) is 0 Å². The lowest BCUT2D eigenvalue weighted by molar-refractivity contribution is -0.142. The molecule has 120 valence electrons. The summed E-state index contributed by atoms with van der Waals surface area (Å²) in [6.07, 6.45) is 7.49. The lowest BCUT2D eigenvalue weighted by Crippen LogP contribution is -2.46. The smallest absolute Gasteiger partial charge is 0.225 e. The van der Waals surface area contributed by atoms with Gasteiger partial charge in [0.1, 0.15) is 0 Å². The van der Waals surface area contributed by atoms with Gasteiger partial charge in [0.2, 0.25) is 5.91 Å². The Labute approximate surface area is 131 Å². The SMILES string of the molecule is O=C(C1CCOCC1)N1CCCC(OCc2cccnc2)C1. The van der Waals surface area contributed by atoms with Crippen molar-refractivity contribution in [3.05, 3.63) is 30.1 Å². The van der Waals surface area contributed by atoms with Crippen LogP contribution in [0.5, 0.6) is 0 Å². The topological polar surface area (TPSA) is 51.7 Å². The van der Waals surface area contributed by atoms with Crippen LogP contribution in [0.1, 0.15) is 31.2 Å². The predicted octanol–water partition coefficient (Wildman–Crippen LogP) is 2.02. The highest BCUT2D eigenvalue weighted by Crippen LogP contribution is 2.22. The second-order valence-electron chi connectivity index (χ2n) is 6.11. The molecular formula is C17H24N2O3. The van der Waals surface area contributed by atoms with Gasteiger partial charge >= 0.3 is 0 Å². The summed E-state index contributed by atoms with van der Waals surface area (Å²) in [5, 5.41) is 0. The van der Waals surface area contributed by atoms with Gasteiger partial charge in [0.25, 0.3) is 0 Å². The highest BCUT2D eigenvalue weighted by atomic mass is 16.5. The molecule has 2 saturated heterocycles. The van der Waals surface area contributed by atoms with Crippen molar-refractivity contribution in [2.45, 2.75) is 38.4 Å². The van der Waals surface area contributed by atoms with Crippen molar-refractivity contribution in [2.75, 3.05) is 26.3 Å². The van der Waals surface area contributed by atoms with Gasteiger partial charge in [-0.05, 0) is 37.3 Å². The number of nitrogens with zero attached hydrogens (tertiary/aromatic N) is 2. The van der Waals surface area contributed by atoms with E-state index in [1.807, 2.05) is 23.2 Å². The standard InChI is InChI=1S/C17H24N2O3/c20-17(15-5-9-21-10-6-15)19-8-2-4-16(12-19)22-13-14-3-1-7-18-11-14/h1,3,7,11,15-16H,2,4-6,8-10,12-13H2. The van der Waals surface area contributed by atoms with Crippen molar-refractivity contribution in [3.63, 3.8) is 0 Å². The molecule has 3 heterocycles. The molecule has 0 bridgehead atoms. The fraction of sp³-hybridized carbons (Fsp3) is 0.647. The van der Waals surface area contributed by atoms with Gasteiger partial charge in [0, 0.05) is 44.6 Å². The van der Waals surface area contributed by atoms with Gasteiger partial charge in [-0.25, -0.2) is 0 Å². The van der Waals surface area contributed by atoms with E-state index in [-0.39, 0.29) is 17.9 Å². The Morgan fingerprint density at radius 1 is 1.36 bits per heavy atom. The van der Waals surface area contributed by atoms with E-state index in [1.54, 1.807) is 6.20 Å². The van der Waals surface area contributed by atoms with Crippen LogP contribution >= 0.6 is 0 Å². The molecule has 5 nitrogen and oxygen atoms in total. The monoisotopic (exact) mass is 304 g/mol. The normalized spacial score (nSPS) is 23.5. The minimum atomic E-state index is 0.137. The molecule has 0 spiro atoms. The number of aromatic nitrogens is 1. The number of carbonyl (C=O) groups is 1. The van der Waals surface area contributed by atoms with Gasteiger partial charge in [-0.2, -0.15) is 0 Å². The van der Waals surface area contributed by atoms with Crippen molar-refractivity contribution in [3.8, 4) is 0 Å². The molecule has 0 saturated carbocycles. The van der Waals surface area contributed by atoms with Crippen LogP contribution in [-0.4, -0.2) is 48.2 Å². The zero-order valence-corrected chi connectivity index (χ0v) is 12.9. The Kier molecular flexibility index (Phi) is 5.40. The van der Waals surface area contributed by atoms with Crippen LogP contribution < -0.4 is 0 Å². The molecule has 5 heteroatoms. The molecule has 1 unspecified atom stereocenters. The summed E-state index contributed by atoms with van der Waals surface area (Å²) in [6.45, 7) is 3.58. The zero-order valence-electron chi connectivity index (χ0n) is 12.9. The van der Waals surface area contributed by atoms with E-state index in [0.717, 1.165) is 44.3 Å². The molecule has 2 fully saturated rings. The number of carbonyl (C=O) groups excluding carboxylic acids is 1. The van der Waals surface area contributed by atoms with Crippen molar-refractivity contribution >= 4 is 5.91 Å². The first kappa shape index (κ1) is 15.4. The molecule has 1 aromatic rings. The van der Waals surface area contributed by atoms with Crippen molar-refractivity contribution in [2.24, 2.45) is 5.92 Å². The van der Waals surface area contributed by atoms with Crippen molar-refractivity contribution < 1.29 is 14.3 Å². The van der Waals surface area contributed by atoms with Crippen LogP contribution in [0.3, 0.4) is 0 Å². The maximum absolute atomic E-state index is 12.6. The lowest BCUT2D eigenvalue weighted by Gasteiger charge is -2.35. The van der Waals surface area contributed by atoms with Crippen LogP contribution in [0, 0.1) is 5.92 Å². The molecule has 1 aromatic heterocycles. The van der Waals surface area contributed by atoms with E-state index >= 15 is 0 Å². The number of hydrogen-bond donors (Lipinski definition) is 0. The third kappa shape index (κ3) is 4.05. The second kappa shape index (κ2) is 7.70. The first-order valence-corrected chi connectivity index (χ1v) is 8.20. The van der Waals surface area contributed by atoms with Crippen molar-refractivity contribution in [1.82, 2.24) is 9.88 Å². The van der Waals surface area contributed by atoms with Gasteiger partial charge in [-0.1, -0.05) is 6.07 Å². The first-order valence-electron chi connectivity index (χ1n) is 8.20. The number of pyridine rings is 1. The number of hydrogen-bond acceptors (Lipinski definition) is 4. The van der Waals surface area contributed by atoms with Gasteiger partial charge in [0.05, 0.1) is 12.7 Å². The Bertz CT molecular complexity index is 474. The summed E-state index contributed by atoms with van der Waals surface area (Å²) in [6, 6.07) is 3.93. The predicted molar refractivity (Wildman–Crippen MR) is 82.2 cm³/mol. The van der Waals surface area contributed by atoms with E-state index in [2.05, 4.69) is 4.98 Å². The molecule has 0 radical (unpaired) electrons. The van der Waals surface area contributed by atoms with Gasteiger partial charge in [0.15, 0.2) is 0 Å². The number of likely N-dealkylation sites (tertiary alicyclic amines) is 1. The minimum Gasteiger partial charge on any atom is -0.381 e. The van der Waals surface area contributed by atoms with E-state index in [0.29, 0.717) is 19.8 Å². The second-order valence-corrected chi connectivity index (χ2v) is 6.11. The number of piperidine rings is 1. The minimum absolute atomic E-state index is 0.137. The quantitative estimate of drug-likeness (QED) is 0.854. The fourth-order valence-electron chi connectivity index (χ4n) is 3.17. The van der Waals surface area contributed by atoms with E-state index < -0.39 is 0 Å². The summed E-state index contributed by atoms with van der Waals surface area (Å²) in [7, 11) is 0. The Morgan fingerprint density at radius 3 is 3.00 bits per heavy atom. The van der Waals surface area contributed by atoms with E-state index in [9.17, 15) is 4.79 Å². The van der Waals surface area contributed by atoms with Crippen LogP contribution in [0.15, 0.2) is 24.5 Å². The average molecular weight is 304 g/mol. The molecule has 2 aliphatic rings. The maximum atomic E-state index is 12.6. The van der Waals surface area contributed by atoms with E-state index in [4.69, 9.17) is 9.47 Å². The molecule has 22 heavy (non-hydrogen) atoms. The molecule has 0 aromatic carbocycles. The first-order chi connectivity index (χ1) is 10.8. The summed E-state index contributed by atoms with van der Waals surface area (Å²) in [5.74, 6) is 0.434. The molecule has 0 aliphatic carbocycles. The molecule has 0 N–H and O–H groups in total. The molecule has 2 aliphatic heterocycles. The Hall–Kier alpha value is -1.46. The van der Waals surface area contributed by atoms with Gasteiger partial charge < -0.3 is 14.4 Å². The molecule has 3 rings (SSSR count). The number of rotatable bonds is 4. The van der Waals surface area contributed by atoms with Crippen LogP contribution in [0.2, 0.25) is 0 Å². The molecular weight excluding hydrogens is 280 g/mol. The summed E-state index contributed by atoms with van der Waals surface area (Å²) in [4.78, 5) is 18.7. The Morgan fingerprint density at radius 2 is 2.23 bits per heavy atom. The Balaban J connectivity index is 1.49. The summed E-state index contributed by atoms with van der Waals surface area (Å²) < 4.78 is 11.3. The average Bonchev–Trinajstić information content (AvgIpc) is 2.61. The van der Waals surface area contributed by atoms with Crippen molar-refractivity contribution in [1.29, 1.82) is 0 Å². The maximum Gasteiger partial charge on any atom is 0.225 e. The summed E-state index contributed by atoms with van der Waals surface area (Å²) >= 11 is 0. The van der Waals surface area contributed by atoms with Gasteiger partial charge in [-0.15, -0.1) is 0 Å². The fourth-order valence-corrected chi connectivity index (χ4v) is 3.17. The molecule has 1 amide bonds. The van der Waals surface area contributed by atoms with Crippen LogP contribution in [0.25, 0.3) is 0 Å². The highest BCUT2D eigenvalue weighted by Gasteiger charge is 2.30. The largest absolute Gasteiger partial charge is 0.381 e.